The van der Waals surface area contributed by atoms with Crippen molar-refractivity contribution < 1.29 is 0 Å². The van der Waals surface area contributed by atoms with Crippen LogP contribution in [0.5, 0.6) is 0 Å². The Morgan fingerprint density at radius 1 is 0.789 bits per heavy atom. The van der Waals surface area contributed by atoms with Crippen molar-refractivity contribution in [1.29, 1.82) is 0 Å². The van der Waals surface area contributed by atoms with Crippen molar-refractivity contribution in [2.75, 3.05) is 11.9 Å². The highest BCUT2D eigenvalue weighted by atomic mass is 14.9. The van der Waals surface area contributed by atoms with E-state index in [4.69, 9.17) is 0 Å². The maximum absolute atomic E-state index is 3.58. The zero-order valence-corrected chi connectivity index (χ0v) is 12.0. The monoisotopic (exact) mass is 255 g/mol. The normalized spacial score (nSPS) is 10.8. The maximum atomic E-state index is 3.58. The lowest BCUT2D eigenvalue weighted by atomic mass is 10.1. The minimum Gasteiger partial charge on any atom is -0.385 e. The molecule has 0 unspecified atom stereocenters. The van der Waals surface area contributed by atoms with Gasteiger partial charge in [-0.05, 0) is 17.9 Å². The van der Waals surface area contributed by atoms with Gasteiger partial charge in [-0.1, -0.05) is 75.4 Å². The second kappa shape index (κ2) is 7.83. The Morgan fingerprint density at radius 3 is 2.42 bits per heavy atom. The SMILES string of the molecule is CCCCCCCCNc1cccc2ccccc12. The van der Waals surface area contributed by atoms with Gasteiger partial charge in [0.2, 0.25) is 0 Å². The first-order valence-corrected chi connectivity index (χ1v) is 7.63. The van der Waals surface area contributed by atoms with Crippen LogP contribution in [0.3, 0.4) is 0 Å². The molecule has 1 heteroatoms. The second-order valence-corrected chi connectivity index (χ2v) is 5.22. The lowest BCUT2D eigenvalue weighted by Gasteiger charge is -2.09. The smallest absolute Gasteiger partial charge is 0.0419 e. The molecule has 2 aromatic carbocycles. The Bertz CT molecular complexity index is 485. The maximum Gasteiger partial charge on any atom is 0.0419 e. The van der Waals surface area contributed by atoms with E-state index in [1.165, 1.54) is 55.0 Å². The van der Waals surface area contributed by atoms with Crippen LogP contribution in [0.15, 0.2) is 42.5 Å². The van der Waals surface area contributed by atoms with Crippen molar-refractivity contribution in [1.82, 2.24) is 0 Å². The van der Waals surface area contributed by atoms with Crippen LogP contribution in [-0.2, 0) is 0 Å². The summed E-state index contributed by atoms with van der Waals surface area (Å²) in [5.41, 5.74) is 1.27. The van der Waals surface area contributed by atoms with Gasteiger partial charge in [0.25, 0.3) is 0 Å². The van der Waals surface area contributed by atoms with Gasteiger partial charge in [0.15, 0.2) is 0 Å². The van der Waals surface area contributed by atoms with Crippen LogP contribution in [0.25, 0.3) is 10.8 Å². The third kappa shape index (κ3) is 4.27. The summed E-state index contributed by atoms with van der Waals surface area (Å²) < 4.78 is 0. The molecular formula is C18H25N. The minimum atomic E-state index is 1.08. The molecule has 1 N–H and O–H groups in total. The quantitative estimate of drug-likeness (QED) is 0.604. The minimum absolute atomic E-state index is 1.08. The number of fused-ring (bicyclic) bond motifs is 1. The number of hydrogen-bond acceptors (Lipinski definition) is 1. The summed E-state index contributed by atoms with van der Waals surface area (Å²) in [5, 5.41) is 6.22. The zero-order chi connectivity index (χ0) is 13.3. The van der Waals surface area contributed by atoms with Crippen LogP contribution < -0.4 is 5.32 Å². The lowest BCUT2D eigenvalue weighted by Crippen LogP contribution is -2.01. The molecular weight excluding hydrogens is 230 g/mol. The van der Waals surface area contributed by atoms with E-state index >= 15 is 0 Å². The first kappa shape index (κ1) is 13.9. The highest BCUT2D eigenvalue weighted by Gasteiger charge is 1.98. The van der Waals surface area contributed by atoms with E-state index in [1.807, 2.05) is 0 Å². The Balaban J connectivity index is 1.78. The molecule has 0 amide bonds. The van der Waals surface area contributed by atoms with E-state index in [9.17, 15) is 0 Å². The predicted octanol–water partition coefficient (Wildman–Crippen LogP) is 5.61. The summed E-state index contributed by atoms with van der Waals surface area (Å²) in [4.78, 5) is 0. The molecule has 0 aliphatic carbocycles. The average Bonchev–Trinajstić information content (AvgIpc) is 2.46. The largest absolute Gasteiger partial charge is 0.385 e. The van der Waals surface area contributed by atoms with Crippen LogP contribution in [-0.4, -0.2) is 6.54 Å². The number of anilines is 1. The van der Waals surface area contributed by atoms with Crippen LogP contribution in [0.2, 0.25) is 0 Å². The van der Waals surface area contributed by atoms with E-state index in [0.29, 0.717) is 0 Å². The molecule has 0 saturated carbocycles. The number of benzene rings is 2. The molecule has 0 bridgehead atoms. The molecule has 19 heavy (non-hydrogen) atoms. The predicted molar refractivity (Wildman–Crippen MR) is 85.8 cm³/mol. The van der Waals surface area contributed by atoms with Crippen LogP contribution >= 0.6 is 0 Å². The van der Waals surface area contributed by atoms with Crippen LogP contribution in [0, 0.1) is 0 Å². The highest BCUT2D eigenvalue weighted by molar-refractivity contribution is 5.93. The number of unbranched alkanes of at least 4 members (excludes halogenated alkanes) is 5. The fourth-order valence-corrected chi connectivity index (χ4v) is 2.51. The molecule has 0 radical (unpaired) electrons. The summed E-state index contributed by atoms with van der Waals surface area (Å²) in [6.07, 6.45) is 8.10. The van der Waals surface area contributed by atoms with Crippen LogP contribution in [0.1, 0.15) is 45.4 Å². The third-order valence-corrected chi connectivity index (χ3v) is 3.64. The van der Waals surface area contributed by atoms with Gasteiger partial charge in [-0.15, -0.1) is 0 Å². The average molecular weight is 255 g/mol. The van der Waals surface area contributed by atoms with Crippen molar-refractivity contribution in [2.45, 2.75) is 45.4 Å². The molecule has 0 spiro atoms. The van der Waals surface area contributed by atoms with Gasteiger partial charge in [0.1, 0.15) is 0 Å². The van der Waals surface area contributed by atoms with Gasteiger partial charge in [-0.3, -0.25) is 0 Å². The summed E-state index contributed by atoms with van der Waals surface area (Å²) in [5.74, 6) is 0. The van der Waals surface area contributed by atoms with Gasteiger partial charge in [-0.25, -0.2) is 0 Å². The molecule has 102 valence electrons. The zero-order valence-electron chi connectivity index (χ0n) is 12.0. The Morgan fingerprint density at radius 2 is 1.53 bits per heavy atom. The molecule has 1 nitrogen and oxygen atoms in total. The van der Waals surface area contributed by atoms with E-state index in [2.05, 4.69) is 54.7 Å². The molecule has 0 aliphatic heterocycles. The van der Waals surface area contributed by atoms with Gasteiger partial charge in [0, 0.05) is 17.6 Å². The van der Waals surface area contributed by atoms with Crippen molar-refractivity contribution >= 4 is 16.5 Å². The van der Waals surface area contributed by atoms with Crippen molar-refractivity contribution in [2.24, 2.45) is 0 Å². The molecule has 2 rings (SSSR count). The van der Waals surface area contributed by atoms with E-state index < -0.39 is 0 Å². The summed E-state index contributed by atoms with van der Waals surface area (Å²) >= 11 is 0. The molecule has 0 atom stereocenters. The Labute approximate surface area is 117 Å². The summed E-state index contributed by atoms with van der Waals surface area (Å²) in [6.45, 7) is 3.35. The number of rotatable bonds is 8. The Hall–Kier alpha value is -1.50. The summed E-state index contributed by atoms with van der Waals surface area (Å²) in [6, 6.07) is 15.1. The fraction of sp³-hybridized carbons (Fsp3) is 0.444. The molecule has 0 heterocycles. The van der Waals surface area contributed by atoms with Gasteiger partial charge in [-0.2, -0.15) is 0 Å². The highest BCUT2D eigenvalue weighted by Crippen LogP contribution is 2.22. The van der Waals surface area contributed by atoms with Crippen molar-refractivity contribution in [3.8, 4) is 0 Å². The molecule has 0 saturated heterocycles. The van der Waals surface area contributed by atoms with E-state index in [1.54, 1.807) is 0 Å². The van der Waals surface area contributed by atoms with Crippen molar-refractivity contribution in [3.05, 3.63) is 42.5 Å². The lowest BCUT2D eigenvalue weighted by molar-refractivity contribution is 0.617. The fourth-order valence-electron chi connectivity index (χ4n) is 2.51. The Kier molecular flexibility index (Phi) is 5.74. The standard InChI is InChI=1S/C18H25N/c1-2-3-4-5-6-9-15-19-18-14-10-12-16-11-7-8-13-17(16)18/h7-8,10-14,19H,2-6,9,15H2,1H3. The second-order valence-electron chi connectivity index (χ2n) is 5.22. The van der Waals surface area contributed by atoms with E-state index in [0.717, 1.165) is 6.54 Å². The first-order valence-electron chi connectivity index (χ1n) is 7.63. The van der Waals surface area contributed by atoms with Gasteiger partial charge >= 0.3 is 0 Å². The number of hydrogen-bond donors (Lipinski definition) is 1. The first-order chi connectivity index (χ1) is 9.42. The molecule has 0 fully saturated rings. The van der Waals surface area contributed by atoms with Crippen molar-refractivity contribution in [3.63, 3.8) is 0 Å². The summed E-state index contributed by atoms with van der Waals surface area (Å²) in [7, 11) is 0. The van der Waals surface area contributed by atoms with Gasteiger partial charge in [0.05, 0.1) is 0 Å². The van der Waals surface area contributed by atoms with E-state index in [-0.39, 0.29) is 0 Å². The topological polar surface area (TPSA) is 12.0 Å². The molecule has 2 aromatic rings. The molecule has 0 aromatic heterocycles. The van der Waals surface area contributed by atoms with Crippen LogP contribution in [0.4, 0.5) is 5.69 Å². The van der Waals surface area contributed by atoms with Gasteiger partial charge < -0.3 is 5.32 Å². The third-order valence-electron chi connectivity index (χ3n) is 3.64. The molecule has 0 aliphatic rings. The number of nitrogens with one attached hydrogen (secondary N) is 1.